The molecule has 0 bridgehead atoms. The van der Waals surface area contributed by atoms with Crippen molar-refractivity contribution in [2.75, 3.05) is 0 Å². The number of hydrogen-bond donors (Lipinski definition) is 3. The van der Waals surface area contributed by atoms with Gasteiger partial charge in [0.2, 0.25) is 0 Å². The van der Waals surface area contributed by atoms with Crippen LogP contribution in [0.3, 0.4) is 0 Å². The van der Waals surface area contributed by atoms with E-state index in [0.717, 1.165) is 10.9 Å². The van der Waals surface area contributed by atoms with Gasteiger partial charge in [-0.2, -0.15) is 9.78 Å². The molecule has 1 aromatic rings. The highest BCUT2D eigenvalue weighted by atomic mass is 35.5. The molecule has 0 aromatic carbocycles. The smallest absolute Gasteiger partial charge is 0.347 e. The summed E-state index contributed by atoms with van der Waals surface area (Å²) in [5.74, 6) is 2.35. The number of aromatic amines is 1. The van der Waals surface area contributed by atoms with Gasteiger partial charge in [0.25, 0.3) is 5.56 Å². The van der Waals surface area contributed by atoms with Gasteiger partial charge < -0.3 is 14.9 Å². The van der Waals surface area contributed by atoms with E-state index in [4.69, 9.17) is 27.9 Å². The number of hydrogen-bond acceptors (Lipinski definition) is 6. The number of H-pyrrole nitrogens is 1. The lowest BCUT2D eigenvalue weighted by molar-refractivity contribution is -0.0810. The molecule has 1 fully saturated rings. The van der Waals surface area contributed by atoms with Gasteiger partial charge in [-0.25, -0.2) is 4.79 Å². The van der Waals surface area contributed by atoms with Crippen LogP contribution < -0.4 is 11.2 Å². The third-order valence-electron chi connectivity index (χ3n) is 3.06. The molecule has 0 saturated carbocycles. The predicted molar refractivity (Wildman–Crippen MR) is 72.9 cm³/mol. The molecule has 10 heteroatoms. The van der Waals surface area contributed by atoms with E-state index in [1.807, 2.05) is 10.4 Å². The summed E-state index contributed by atoms with van der Waals surface area (Å²) in [7, 11) is 0. The minimum atomic E-state index is -1.81. The van der Waals surface area contributed by atoms with E-state index in [2.05, 4.69) is 11.0 Å². The molecule has 2 heterocycles. The molecule has 3 N–H and O–H groups in total. The van der Waals surface area contributed by atoms with Gasteiger partial charge in [0.1, 0.15) is 18.4 Å². The lowest BCUT2D eigenvalue weighted by Gasteiger charge is -2.24. The Balaban J connectivity index is 2.56. The first-order valence-corrected chi connectivity index (χ1v) is 6.58. The summed E-state index contributed by atoms with van der Waals surface area (Å²) in [4.78, 5) is 23.0. The Hall–Kier alpha value is -1.37. The van der Waals surface area contributed by atoms with Crippen molar-refractivity contribution < 1.29 is 14.9 Å². The summed E-state index contributed by atoms with van der Waals surface area (Å²) in [6.45, 7) is 1.38. The Morgan fingerprint density at radius 3 is 2.81 bits per heavy atom. The van der Waals surface area contributed by atoms with Crippen LogP contribution in [-0.2, 0) is 4.74 Å². The minimum Gasteiger partial charge on any atom is -0.391 e. The van der Waals surface area contributed by atoms with E-state index < -0.39 is 40.7 Å². The number of aromatic nitrogens is 3. The van der Waals surface area contributed by atoms with Crippen LogP contribution in [-0.4, -0.2) is 48.2 Å². The minimum absolute atomic E-state index is 0.703. The zero-order valence-corrected chi connectivity index (χ0v) is 12.2. The number of ether oxygens (including phenoxy) is 1. The van der Waals surface area contributed by atoms with Gasteiger partial charge in [-0.3, -0.25) is 9.78 Å². The molecule has 1 aliphatic rings. The van der Waals surface area contributed by atoms with Crippen molar-refractivity contribution in [2.45, 2.75) is 36.3 Å². The van der Waals surface area contributed by atoms with Crippen molar-refractivity contribution in [2.24, 2.45) is 0 Å². The molecule has 5 atom stereocenters. The third kappa shape index (κ3) is 2.71. The standard InChI is InChI=1S/C11H11Cl2N3O5/c1-5(17)7-8(19)11(13,2-3-12)9(21-7)16-10(20)15-6(18)4-14-16/h4-5,7-9,17,19H,1H3,(H,15,18,20)/t5-,7-,8+,9-,11?/m1/s1. The molecular weight excluding hydrogens is 325 g/mol. The van der Waals surface area contributed by atoms with Crippen molar-refractivity contribution in [3.05, 3.63) is 27.0 Å². The van der Waals surface area contributed by atoms with Gasteiger partial charge in [0.05, 0.1) is 6.10 Å². The maximum atomic E-state index is 11.8. The normalized spacial score (nSPS) is 33.3. The highest BCUT2D eigenvalue weighted by Gasteiger charge is 2.57. The molecule has 1 saturated heterocycles. The molecule has 1 aromatic heterocycles. The van der Waals surface area contributed by atoms with E-state index in [1.54, 1.807) is 0 Å². The molecular formula is C11H11Cl2N3O5. The zero-order chi connectivity index (χ0) is 15.8. The Labute approximate surface area is 128 Å². The molecule has 0 amide bonds. The quantitative estimate of drug-likeness (QED) is 0.459. The van der Waals surface area contributed by atoms with Crippen LogP contribution in [0, 0.1) is 11.3 Å². The fraction of sp³-hybridized carbons (Fsp3) is 0.545. The maximum absolute atomic E-state index is 11.8. The second-order valence-corrected chi connectivity index (χ2v) is 5.32. The van der Waals surface area contributed by atoms with E-state index in [-0.39, 0.29) is 0 Å². The van der Waals surface area contributed by atoms with Crippen LogP contribution >= 0.6 is 23.2 Å². The topological polar surface area (TPSA) is 117 Å². The van der Waals surface area contributed by atoms with Crippen LogP contribution in [0.15, 0.2) is 15.8 Å². The fourth-order valence-electron chi connectivity index (χ4n) is 2.06. The van der Waals surface area contributed by atoms with Crippen molar-refractivity contribution >= 4 is 23.2 Å². The first-order valence-electron chi connectivity index (χ1n) is 5.82. The molecule has 8 nitrogen and oxygen atoms in total. The summed E-state index contributed by atoms with van der Waals surface area (Å²) in [5, 5.41) is 25.4. The number of aliphatic hydroxyl groups is 2. The lowest BCUT2D eigenvalue weighted by Crippen LogP contribution is -2.46. The van der Waals surface area contributed by atoms with Gasteiger partial charge >= 0.3 is 5.69 Å². The number of aliphatic hydroxyl groups excluding tert-OH is 2. The van der Waals surface area contributed by atoms with Crippen molar-refractivity contribution in [3.63, 3.8) is 0 Å². The number of rotatable bonds is 2. The molecule has 0 spiro atoms. The van der Waals surface area contributed by atoms with Gasteiger partial charge in [-0.15, -0.1) is 0 Å². The number of halogens is 2. The van der Waals surface area contributed by atoms with Crippen molar-refractivity contribution in [3.8, 4) is 11.3 Å². The summed E-state index contributed by atoms with van der Waals surface area (Å²) >= 11 is 11.6. The average molecular weight is 336 g/mol. The maximum Gasteiger partial charge on any atom is 0.347 e. The second-order valence-electron chi connectivity index (χ2n) is 4.51. The second kappa shape index (κ2) is 5.79. The Kier molecular flexibility index (Phi) is 4.41. The van der Waals surface area contributed by atoms with Crippen molar-refractivity contribution in [1.82, 2.24) is 14.8 Å². The summed E-state index contributed by atoms with van der Waals surface area (Å²) in [5.41, 5.74) is -1.60. The number of nitrogens with zero attached hydrogens (tertiary/aromatic N) is 2. The number of alkyl halides is 1. The number of nitrogens with one attached hydrogen (secondary N) is 1. The van der Waals surface area contributed by atoms with E-state index in [9.17, 15) is 19.8 Å². The Bertz CT molecular complexity index is 706. The van der Waals surface area contributed by atoms with Crippen LogP contribution in [0.25, 0.3) is 0 Å². The van der Waals surface area contributed by atoms with Crippen molar-refractivity contribution in [1.29, 1.82) is 0 Å². The first kappa shape index (κ1) is 16.0. The van der Waals surface area contributed by atoms with E-state index in [0.29, 0.717) is 0 Å². The van der Waals surface area contributed by atoms with E-state index in [1.165, 1.54) is 6.92 Å². The van der Waals surface area contributed by atoms with Crippen LogP contribution in [0.5, 0.6) is 0 Å². The van der Waals surface area contributed by atoms with Crippen LogP contribution in [0.2, 0.25) is 0 Å². The highest BCUT2D eigenvalue weighted by molar-refractivity contribution is 6.32. The van der Waals surface area contributed by atoms with E-state index >= 15 is 0 Å². The van der Waals surface area contributed by atoms with Gasteiger partial charge in [0.15, 0.2) is 11.1 Å². The first-order chi connectivity index (χ1) is 9.81. The zero-order valence-electron chi connectivity index (χ0n) is 10.7. The van der Waals surface area contributed by atoms with Gasteiger partial charge in [0, 0.05) is 5.38 Å². The molecule has 1 unspecified atom stereocenters. The fourth-order valence-corrected chi connectivity index (χ4v) is 2.58. The largest absolute Gasteiger partial charge is 0.391 e. The molecule has 21 heavy (non-hydrogen) atoms. The average Bonchev–Trinajstić information content (AvgIpc) is 2.64. The Morgan fingerprint density at radius 2 is 2.29 bits per heavy atom. The third-order valence-corrected chi connectivity index (χ3v) is 3.66. The lowest BCUT2D eigenvalue weighted by atomic mass is 9.97. The Morgan fingerprint density at radius 1 is 1.62 bits per heavy atom. The molecule has 114 valence electrons. The van der Waals surface area contributed by atoms with Crippen LogP contribution in [0.1, 0.15) is 13.2 Å². The molecule has 0 aliphatic carbocycles. The molecule has 0 radical (unpaired) electrons. The predicted octanol–water partition coefficient (Wildman–Crippen LogP) is -1.25. The molecule has 2 rings (SSSR count). The van der Waals surface area contributed by atoms with Gasteiger partial charge in [-0.1, -0.05) is 17.5 Å². The highest BCUT2D eigenvalue weighted by Crippen LogP contribution is 2.43. The monoisotopic (exact) mass is 335 g/mol. The summed E-state index contributed by atoms with van der Waals surface area (Å²) in [6, 6.07) is 0. The van der Waals surface area contributed by atoms with Crippen LogP contribution in [0.4, 0.5) is 0 Å². The summed E-state index contributed by atoms with van der Waals surface area (Å²) < 4.78 is 6.12. The molecule has 1 aliphatic heterocycles. The van der Waals surface area contributed by atoms with Gasteiger partial charge in [-0.05, 0) is 18.5 Å². The SMILES string of the molecule is C[C@@H](O)[C@H]1O[C@@H](n2ncc(=O)[nH]c2=O)C(Cl)(C#CCl)[C@H]1O. The summed E-state index contributed by atoms with van der Waals surface area (Å²) in [6.07, 6.45) is -4.12.